The molecule has 1 aromatic heterocycles. The van der Waals surface area contributed by atoms with E-state index in [4.69, 9.17) is 13.9 Å². The molecule has 1 N–H and O–H groups in total. The number of rotatable bonds is 11. The molecular weight excluding hydrogens is 262 g/mol. The number of nitrogens with one attached hydrogen (secondary N) is 1. The van der Waals surface area contributed by atoms with Gasteiger partial charge in [0.15, 0.2) is 0 Å². The Hall–Kier alpha value is -1.37. The predicted molar refractivity (Wildman–Crippen MR) is 73.7 cm³/mol. The van der Waals surface area contributed by atoms with Gasteiger partial charge in [-0.15, -0.1) is 0 Å². The van der Waals surface area contributed by atoms with E-state index in [1.165, 1.54) is 13.4 Å². The number of unbranched alkanes of at least 4 members (excludes halogenated alkanes) is 1. The van der Waals surface area contributed by atoms with Crippen LogP contribution in [0, 0.1) is 0 Å². The number of hydrogen-bond donors (Lipinski definition) is 1. The fourth-order valence-electron chi connectivity index (χ4n) is 1.67. The van der Waals surface area contributed by atoms with Gasteiger partial charge in [-0.3, -0.25) is 0 Å². The molecule has 0 atom stereocenters. The molecule has 0 aliphatic carbocycles. The number of carbonyl (C=O) groups excluding carboxylic acids is 1. The average Bonchev–Trinajstić information content (AvgIpc) is 2.93. The number of furan rings is 1. The molecule has 0 amide bonds. The lowest BCUT2D eigenvalue weighted by Crippen LogP contribution is -2.17. The van der Waals surface area contributed by atoms with E-state index in [9.17, 15) is 4.79 Å². The molecule has 20 heavy (non-hydrogen) atoms. The van der Waals surface area contributed by atoms with Crippen molar-refractivity contribution in [2.45, 2.75) is 19.4 Å². The zero-order chi connectivity index (χ0) is 14.6. The van der Waals surface area contributed by atoms with E-state index in [0.717, 1.165) is 31.6 Å². The minimum atomic E-state index is -0.446. The number of methoxy groups -OCH3 is 2. The van der Waals surface area contributed by atoms with Crippen LogP contribution in [0.1, 0.15) is 29.0 Å². The summed E-state index contributed by atoms with van der Waals surface area (Å²) in [5, 5.41) is 3.26. The smallest absolute Gasteiger partial charge is 0.374 e. The van der Waals surface area contributed by atoms with Crippen LogP contribution in [0.15, 0.2) is 16.7 Å². The maximum Gasteiger partial charge on any atom is 0.374 e. The number of carbonyl (C=O) groups is 1. The van der Waals surface area contributed by atoms with Crippen molar-refractivity contribution in [3.05, 3.63) is 23.7 Å². The molecule has 0 saturated heterocycles. The van der Waals surface area contributed by atoms with Gasteiger partial charge in [0, 0.05) is 25.8 Å². The minimum absolute atomic E-state index is 0.267. The second kappa shape index (κ2) is 10.4. The van der Waals surface area contributed by atoms with Crippen molar-refractivity contribution in [1.29, 1.82) is 0 Å². The third-order valence-corrected chi connectivity index (χ3v) is 2.76. The summed E-state index contributed by atoms with van der Waals surface area (Å²) >= 11 is 0. The molecule has 0 aliphatic rings. The van der Waals surface area contributed by atoms with Gasteiger partial charge < -0.3 is 23.9 Å². The van der Waals surface area contributed by atoms with Crippen LogP contribution < -0.4 is 5.32 Å². The first-order valence-corrected chi connectivity index (χ1v) is 6.71. The van der Waals surface area contributed by atoms with Crippen LogP contribution in [0.3, 0.4) is 0 Å². The molecule has 0 spiro atoms. The van der Waals surface area contributed by atoms with Crippen LogP contribution in [0.2, 0.25) is 0 Å². The Morgan fingerprint density at radius 2 is 2.10 bits per heavy atom. The molecule has 1 aromatic rings. The first kappa shape index (κ1) is 16.7. The third kappa shape index (κ3) is 6.18. The Balaban J connectivity index is 2.07. The van der Waals surface area contributed by atoms with E-state index >= 15 is 0 Å². The van der Waals surface area contributed by atoms with Crippen molar-refractivity contribution in [2.24, 2.45) is 0 Å². The van der Waals surface area contributed by atoms with E-state index in [-0.39, 0.29) is 5.76 Å². The molecule has 0 bridgehead atoms. The summed E-state index contributed by atoms with van der Waals surface area (Å²) in [5.41, 5.74) is 0.813. The van der Waals surface area contributed by atoms with Crippen LogP contribution >= 0.6 is 0 Å². The van der Waals surface area contributed by atoms with Gasteiger partial charge in [0.05, 0.1) is 26.6 Å². The van der Waals surface area contributed by atoms with Crippen molar-refractivity contribution in [1.82, 2.24) is 5.32 Å². The largest absolute Gasteiger partial charge is 0.463 e. The van der Waals surface area contributed by atoms with Gasteiger partial charge in [-0.1, -0.05) is 0 Å². The molecule has 1 rings (SSSR count). The normalized spacial score (nSPS) is 10.7. The van der Waals surface area contributed by atoms with E-state index < -0.39 is 5.97 Å². The second-order valence-corrected chi connectivity index (χ2v) is 4.26. The highest BCUT2D eigenvalue weighted by molar-refractivity contribution is 5.87. The molecule has 1 heterocycles. The molecule has 6 heteroatoms. The fourth-order valence-corrected chi connectivity index (χ4v) is 1.67. The molecule has 0 unspecified atom stereocenters. The van der Waals surface area contributed by atoms with E-state index in [1.807, 2.05) is 0 Å². The van der Waals surface area contributed by atoms with Gasteiger partial charge in [0.1, 0.15) is 0 Å². The lowest BCUT2D eigenvalue weighted by atomic mass is 10.2. The maximum absolute atomic E-state index is 11.4. The Bertz CT molecular complexity index is 377. The van der Waals surface area contributed by atoms with Crippen LogP contribution in [0.5, 0.6) is 0 Å². The summed E-state index contributed by atoms with van der Waals surface area (Å²) in [5.74, 6) is -0.179. The molecule has 6 nitrogen and oxygen atoms in total. The topological polar surface area (TPSA) is 69.9 Å². The first-order valence-electron chi connectivity index (χ1n) is 6.71. The number of ether oxygens (including phenoxy) is 3. The SMILES string of the molecule is COCCOCCCCNCc1ccoc1C(=O)OC. The Morgan fingerprint density at radius 3 is 2.85 bits per heavy atom. The van der Waals surface area contributed by atoms with E-state index in [2.05, 4.69) is 10.1 Å². The highest BCUT2D eigenvalue weighted by Crippen LogP contribution is 2.11. The van der Waals surface area contributed by atoms with E-state index in [0.29, 0.717) is 19.8 Å². The minimum Gasteiger partial charge on any atom is -0.463 e. The van der Waals surface area contributed by atoms with Crippen molar-refractivity contribution >= 4 is 5.97 Å². The van der Waals surface area contributed by atoms with Gasteiger partial charge in [-0.2, -0.15) is 0 Å². The fraction of sp³-hybridized carbons (Fsp3) is 0.643. The monoisotopic (exact) mass is 285 g/mol. The zero-order valence-electron chi connectivity index (χ0n) is 12.1. The van der Waals surface area contributed by atoms with Gasteiger partial charge in [-0.25, -0.2) is 4.79 Å². The van der Waals surface area contributed by atoms with E-state index in [1.54, 1.807) is 13.2 Å². The zero-order valence-corrected chi connectivity index (χ0v) is 12.1. The molecule has 0 aliphatic heterocycles. The molecule has 0 aromatic carbocycles. The van der Waals surface area contributed by atoms with Crippen molar-refractivity contribution in [3.63, 3.8) is 0 Å². The average molecular weight is 285 g/mol. The van der Waals surface area contributed by atoms with Gasteiger partial charge in [-0.05, 0) is 25.5 Å². The molecule has 114 valence electrons. The Morgan fingerprint density at radius 1 is 1.25 bits per heavy atom. The number of esters is 1. The van der Waals surface area contributed by atoms with Crippen LogP contribution in [0.4, 0.5) is 0 Å². The highest BCUT2D eigenvalue weighted by Gasteiger charge is 2.14. The molecule has 0 fully saturated rings. The molecular formula is C14H23NO5. The van der Waals surface area contributed by atoms with Crippen molar-refractivity contribution in [2.75, 3.05) is 40.6 Å². The highest BCUT2D eigenvalue weighted by atomic mass is 16.5. The Kier molecular flexibility index (Phi) is 8.69. The maximum atomic E-state index is 11.4. The Labute approximate surface area is 119 Å². The summed E-state index contributed by atoms with van der Waals surface area (Å²) in [6.07, 6.45) is 3.50. The van der Waals surface area contributed by atoms with Crippen LogP contribution in [0.25, 0.3) is 0 Å². The van der Waals surface area contributed by atoms with Crippen molar-refractivity contribution in [3.8, 4) is 0 Å². The first-order chi connectivity index (χ1) is 9.79. The van der Waals surface area contributed by atoms with Crippen LogP contribution in [-0.2, 0) is 20.8 Å². The third-order valence-electron chi connectivity index (χ3n) is 2.76. The summed E-state index contributed by atoms with van der Waals surface area (Å²) in [4.78, 5) is 11.4. The molecule has 0 saturated carbocycles. The number of hydrogen-bond acceptors (Lipinski definition) is 6. The summed E-state index contributed by atoms with van der Waals surface area (Å²) in [6.45, 7) is 3.46. The lowest BCUT2D eigenvalue weighted by Gasteiger charge is -2.05. The summed E-state index contributed by atoms with van der Waals surface area (Å²) in [6, 6.07) is 1.77. The standard InChI is InChI=1S/C14H23NO5/c1-17-9-10-19-7-4-3-6-15-11-12-5-8-20-13(12)14(16)18-2/h5,8,15H,3-4,6-7,9-11H2,1-2H3. The van der Waals surface area contributed by atoms with Gasteiger partial charge in [0.2, 0.25) is 5.76 Å². The van der Waals surface area contributed by atoms with Crippen LogP contribution in [-0.4, -0.2) is 46.6 Å². The predicted octanol–water partition coefficient (Wildman–Crippen LogP) is 1.60. The lowest BCUT2D eigenvalue weighted by molar-refractivity contribution is 0.0563. The molecule has 0 radical (unpaired) electrons. The summed E-state index contributed by atoms with van der Waals surface area (Å²) < 4.78 is 20.0. The van der Waals surface area contributed by atoms with Crippen molar-refractivity contribution < 1.29 is 23.4 Å². The summed E-state index contributed by atoms with van der Waals surface area (Å²) in [7, 11) is 3.00. The second-order valence-electron chi connectivity index (χ2n) is 4.26. The van der Waals surface area contributed by atoms with Gasteiger partial charge in [0.25, 0.3) is 0 Å². The van der Waals surface area contributed by atoms with Gasteiger partial charge >= 0.3 is 5.97 Å². The quantitative estimate of drug-likeness (QED) is 0.492.